The van der Waals surface area contributed by atoms with Gasteiger partial charge in [-0.2, -0.15) is 5.21 Å². The summed E-state index contributed by atoms with van der Waals surface area (Å²) in [7, 11) is 0. The molecule has 0 saturated carbocycles. The number of aromatic nitrogens is 6. The van der Waals surface area contributed by atoms with Crippen molar-refractivity contribution in [2.45, 2.75) is 13.0 Å². The van der Waals surface area contributed by atoms with Crippen molar-refractivity contribution in [3.8, 4) is 22.5 Å². The van der Waals surface area contributed by atoms with Gasteiger partial charge in [0.2, 0.25) is 5.82 Å². The molecule has 7 nitrogen and oxygen atoms in total. The minimum Gasteiger partial charge on any atom is -0.390 e. The fourth-order valence-corrected chi connectivity index (χ4v) is 2.78. The maximum atomic E-state index is 9.10. The fraction of sp³-hybridized carbons (Fsp3) is 0.111. The highest BCUT2D eigenvalue weighted by molar-refractivity contribution is 5.80. The molecule has 7 heteroatoms. The number of aliphatic hydroxyl groups is 1. The standard InChI is InChI=1S/C18H16N6O/c25-11-14-10-19-17(20-14)9-12-5-7-13(8-6-12)15-3-1-2-4-16(15)18-21-23-24-22-18/h1-8,10,25H,9,11H2,(H,19,20)(H,21,22,23,24). The van der Waals surface area contributed by atoms with Crippen LogP contribution in [0.4, 0.5) is 0 Å². The van der Waals surface area contributed by atoms with Crippen LogP contribution in [0.15, 0.2) is 54.7 Å². The molecular weight excluding hydrogens is 316 g/mol. The van der Waals surface area contributed by atoms with E-state index in [9.17, 15) is 0 Å². The van der Waals surface area contributed by atoms with Crippen LogP contribution in [0.2, 0.25) is 0 Å². The van der Waals surface area contributed by atoms with E-state index in [1.165, 1.54) is 0 Å². The summed E-state index contributed by atoms with van der Waals surface area (Å²) in [4.78, 5) is 7.37. The first-order chi connectivity index (χ1) is 12.3. The summed E-state index contributed by atoms with van der Waals surface area (Å²) in [6, 6.07) is 16.3. The zero-order valence-corrected chi connectivity index (χ0v) is 13.3. The second-order valence-electron chi connectivity index (χ2n) is 5.67. The first-order valence-corrected chi connectivity index (χ1v) is 7.89. The molecule has 0 aliphatic rings. The third-order valence-electron chi connectivity index (χ3n) is 4.00. The topological polar surface area (TPSA) is 103 Å². The lowest BCUT2D eigenvalue weighted by atomic mass is 9.98. The minimum atomic E-state index is -0.0290. The smallest absolute Gasteiger partial charge is 0.205 e. The normalized spacial score (nSPS) is 10.9. The maximum absolute atomic E-state index is 9.10. The zero-order chi connectivity index (χ0) is 17.1. The van der Waals surface area contributed by atoms with Crippen molar-refractivity contribution in [2.75, 3.05) is 0 Å². The van der Waals surface area contributed by atoms with E-state index in [0.717, 1.165) is 33.8 Å². The minimum absolute atomic E-state index is 0.0290. The van der Waals surface area contributed by atoms with Crippen molar-refractivity contribution in [3.63, 3.8) is 0 Å². The maximum Gasteiger partial charge on any atom is 0.205 e. The molecule has 2 aromatic heterocycles. The largest absolute Gasteiger partial charge is 0.390 e. The Morgan fingerprint density at radius 2 is 1.76 bits per heavy atom. The van der Waals surface area contributed by atoms with Crippen molar-refractivity contribution < 1.29 is 5.11 Å². The number of hydrogen-bond donors (Lipinski definition) is 3. The summed E-state index contributed by atoms with van der Waals surface area (Å²) >= 11 is 0. The molecule has 0 aliphatic heterocycles. The van der Waals surface area contributed by atoms with E-state index in [1.54, 1.807) is 6.20 Å². The van der Waals surface area contributed by atoms with Crippen LogP contribution >= 0.6 is 0 Å². The van der Waals surface area contributed by atoms with Gasteiger partial charge in [-0.3, -0.25) is 0 Å². The van der Waals surface area contributed by atoms with Gasteiger partial charge in [0.05, 0.1) is 18.5 Å². The number of nitrogens with zero attached hydrogens (tertiary/aromatic N) is 4. The molecular formula is C18H16N6O. The number of aromatic amines is 2. The first-order valence-electron chi connectivity index (χ1n) is 7.89. The molecule has 0 unspecified atom stereocenters. The summed E-state index contributed by atoms with van der Waals surface area (Å²) in [6.45, 7) is -0.0290. The lowest BCUT2D eigenvalue weighted by Gasteiger charge is -2.07. The number of nitrogens with one attached hydrogen (secondary N) is 2. The van der Waals surface area contributed by atoms with Crippen LogP contribution in [0.1, 0.15) is 17.1 Å². The van der Waals surface area contributed by atoms with Crippen LogP contribution in [0, 0.1) is 0 Å². The molecule has 0 spiro atoms. The van der Waals surface area contributed by atoms with Crippen molar-refractivity contribution in [1.29, 1.82) is 0 Å². The predicted octanol–water partition coefficient (Wildman–Crippen LogP) is 2.34. The number of H-pyrrole nitrogens is 2. The molecule has 124 valence electrons. The number of benzene rings is 2. The highest BCUT2D eigenvalue weighted by atomic mass is 16.3. The lowest BCUT2D eigenvalue weighted by Crippen LogP contribution is -1.92. The highest BCUT2D eigenvalue weighted by Crippen LogP contribution is 2.29. The Morgan fingerprint density at radius 1 is 0.960 bits per heavy atom. The van der Waals surface area contributed by atoms with Gasteiger partial charge in [0, 0.05) is 12.0 Å². The average Bonchev–Trinajstić information content (AvgIpc) is 3.34. The summed E-state index contributed by atoms with van der Waals surface area (Å²) < 4.78 is 0. The number of aliphatic hydroxyl groups excluding tert-OH is 1. The number of imidazole rings is 1. The molecule has 0 fully saturated rings. The second-order valence-corrected chi connectivity index (χ2v) is 5.67. The molecule has 0 saturated heterocycles. The molecule has 0 amide bonds. The Kier molecular flexibility index (Phi) is 4.05. The molecule has 4 rings (SSSR count). The Labute approximate surface area is 143 Å². The summed E-state index contributed by atoms with van der Waals surface area (Å²) in [6.07, 6.45) is 2.34. The summed E-state index contributed by atoms with van der Waals surface area (Å²) in [5.41, 5.74) is 4.93. The first kappa shape index (κ1) is 15.2. The van der Waals surface area contributed by atoms with Gasteiger partial charge in [0.15, 0.2) is 0 Å². The van der Waals surface area contributed by atoms with Crippen LogP contribution < -0.4 is 0 Å². The monoisotopic (exact) mass is 332 g/mol. The third-order valence-corrected chi connectivity index (χ3v) is 4.00. The van der Waals surface area contributed by atoms with E-state index < -0.39 is 0 Å². The summed E-state index contributed by atoms with van der Waals surface area (Å²) in [5, 5.41) is 23.4. The summed E-state index contributed by atoms with van der Waals surface area (Å²) in [5.74, 6) is 1.41. The van der Waals surface area contributed by atoms with Crippen LogP contribution in [-0.4, -0.2) is 35.7 Å². The van der Waals surface area contributed by atoms with Crippen molar-refractivity contribution in [3.05, 3.63) is 71.8 Å². The van der Waals surface area contributed by atoms with E-state index in [1.807, 2.05) is 24.3 Å². The molecule has 0 bridgehead atoms. The third kappa shape index (κ3) is 3.17. The van der Waals surface area contributed by atoms with Crippen molar-refractivity contribution >= 4 is 0 Å². The molecule has 4 aromatic rings. The quantitative estimate of drug-likeness (QED) is 0.520. The van der Waals surface area contributed by atoms with Gasteiger partial charge in [-0.25, -0.2) is 4.98 Å². The molecule has 0 atom stereocenters. The van der Waals surface area contributed by atoms with E-state index in [-0.39, 0.29) is 6.61 Å². The van der Waals surface area contributed by atoms with Gasteiger partial charge in [-0.05, 0) is 21.9 Å². The molecule has 3 N–H and O–H groups in total. The van der Waals surface area contributed by atoms with E-state index in [4.69, 9.17) is 5.11 Å². The fourth-order valence-electron chi connectivity index (χ4n) is 2.78. The van der Waals surface area contributed by atoms with E-state index >= 15 is 0 Å². The number of hydrogen-bond acceptors (Lipinski definition) is 5. The molecule has 0 aliphatic carbocycles. The van der Waals surface area contributed by atoms with Crippen LogP contribution in [0.5, 0.6) is 0 Å². The van der Waals surface area contributed by atoms with Crippen LogP contribution in [0.3, 0.4) is 0 Å². The van der Waals surface area contributed by atoms with Crippen molar-refractivity contribution in [2.24, 2.45) is 0 Å². The van der Waals surface area contributed by atoms with E-state index in [2.05, 4.69) is 54.9 Å². The molecule has 2 aromatic carbocycles. The predicted molar refractivity (Wildman–Crippen MR) is 92.4 cm³/mol. The van der Waals surface area contributed by atoms with Gasteiger partial charge in [-0.1, -0.05) is 48.5 Å². The van der Waals surface area contributed by atoms with Crippen LogP contribution in [0.25, 0.3) is 22.5 Å². The molecule has 25 heavy (non-hydrogen) atoms. The molecule has 0 radical (unpaired) electrons. The van der Waals surface area contributed by atoms with Crippen LogP contribution in [-0.2, 0) is 13.0 Å². The Hall–Kier alpha value is -3.32. The number of tetrazole rings is 1. The Morgan fingerprint density at radius 3 is 2.44 bits per heavy atom. The van der Waals surface area contributed by atoms with Gasteiger partial charge >= 0.3 is 0 Å². The van der Waals surface area contributed by atoms with E-state index in [0.29, 0.717) is 12.2 Å². The van der Waals surface area contributed by atoms with Crippen molar-refractivity contribution in [1.82, 2.24) is 30.6 Å². The number of rotatable bonds is 5. The molecule has 2 heterocycles. The Balaban J connectivity index is 1.61. The second kappa shape index (κ2) is 6.66. The Bertz CT molecular complexity index is 959. The average molecular weight is 332 g/mol. The SMILES string of the molecule is OCc1cnc(Cc2ccc(-c3ccccc3-c3nn[nH]n3)cc2)[nH]1. The van der Waals surface area contributed by atoms with Gasteiger partial charge < -0.3 is 10.1 Å². The zero-order valence-electron chi connectivity index (χ0n) is 13.3. The van der Waals surface area contributed by atoms with Gasteiger partial charge in [-0.15, -0.1) is 10.2 Å². The highest BCUT2D eigenvalue weighted by Gasteiger charge is 2.10. The van der Waals surface area contributed by atoms with Gasteiger partial charge in [0.1, 0.15) is 5.82 Å². The lowest BCUT2D eigenvalue weighted by molar-refractivity contribution is 0.277. The van der Waals surface area contributed by atoms with Gasteiger partial charge in [0.25, 0.3) is 0 Å².